The average molecular weight is 440 g/mol. The van der Waals surface area contributed by atoms with Crippen molar-refractivity contribution in [3.63, 3.8) is 0 Å². The second-order valence-electron chi connectivity index (χ2n) is 8.16. The van der Waals surface area contributed by atoms with Crippen LogP contribution in [0, 0.1) is 11.3 Å². The molecule has 1 amide bonds. The Morgan fingerprint density at radius 3 is 2.84 bits per heavy atom. The van der Waals surface area contributed by atoms with E-state index in [2.05, 4.69) is 16.3 Å². The standard InChI is InChI=1S/C24H29N3O3S/c1-29-16-10-11-18(21(13-16)30-2)20-8-6-12-27(20)15-23(28)26-24-19(14-25)17-7-4-3-5-9-22(17)31-24/h10-11,13,20H,3-9,12,15H2,1-2H3,(H,26,28)/t20-/m0/s1. The molecule has 31 heavy (non-hydrogen) atoms. The summed E-state index contributed by atoms with van der Waals surface area (Å²) in [5.41, 5.74) is 2.90. The number of nitriles is 1. The number of likely N-dealkylation sites (tertiary alicyclic amines) is 1. The van der Waals surface area contributed by atoms with Crippen molar-refractivity contribution in [3.05, 3.63) is 39.8 Å². The van der Waals surface area contributed by atoms with Gasteiger partial charge in [0, 0.05) is 22.5 Å². The van der Waals surface area contributed by atoms with E-state index in [1.165, 1.54) is 11.3 Å². The third kappa shape index (κ3) is 4.56. The summed E-state index contributed by atoms with van der Waals surface area (Å²) >= 11 is 1.59. The molecular formula is C24H29N3O3S. The number of fused-ring (bicyclic) bond motifs is 1. The first-order valence-corrected chi connectivity index (χ1v) is 11.8. The summed E-state index contributed by atoms with van der Waals surface area (Å²) in [6.07, 6.45) is 7.44. The molecule has 0 saturated carbocycles. The molecule has 1 aromatic carbocycles. The highest BCUT2D eigenvalue weighted by atomic mass is 32.1. The zero-order valence-electron chi connectivity index (χ0n) is 18.2. The molecule has 7 heteroatoms. The second-order valence-corrected chi connectivity index (χ2v) is 9.27. The topological polar surface area (TPSA) is 74.6 Å². The molecule has 1 fully saturated rings. The number of carbonyl (C=O) groups is 1. The number of methoxy groups -OCH3 is 2. The molecule has 1 saturated heterocycles. The van der Waals surface area contributed by atoms with Gasteiger partial charge < -0.3 is 14.8 Å². The summed E-state index contributed by atoms with van der Waals surface area (Å²) in [4.78, 5) is 16.4. The Morgan fingerprint density at radius 2 is 2.06 bits per heavy atom. The summed E-state index contributed by atoms with van der Waals surface area (Å²) in [7, 11) is 3.30. The van der Waals surface area contributed by atoms with E-state index in [-0.39, 0.29) is 11.9 Å². The fraction of sp³-hybridized carbons (Fsp3) is 0.500. The number of nitrogens with one attached hydrogen (secondary N) is 1. The van der Waals surface area contributed by atoms with Gasteiger partial charge in [0.15, 0.2) is 0 Å². The Balaban J connectivity index is 1.48. The van der Waals surface area contributed by atoms with Crippen LogP contribution in [-0.2, 0) is 17.6 Å². The predicted octanol–water partition coefficient (Wildman–Crippen LogP) is 4.68. The van der Waals surface area contributed by atoms with Crippen LogP contribution >= 0.6 is 11.3 Å². The van der Waals surface area contributed by atoms with Gasteiger partial charge in [-0.1, -0.05) is 12.5 Å². The summed E-state index contributed by atoms with van der Waals surface area (Å²) < 4.78 is 10.9. The van der Waals surface area contributed by atoms with Gasteiger partial charge in [0.1, 0.15) is 22.6 Å². The average Bonchev–Trinajstić information content (AvgIpc) is 3.29. The normalized spacial score (nSPS) is 18.7. The van der Waals surface area contributed by atoms with Crippen molar-refractivity contribution in [2.75, 3.05) is 32.6 Å². The van der Waals surface area contributed by atoms with Crippen LogP contribution in [-0.4, -0.2) is 38.1 Å². The fourth-order valence-corrected chi connectivity index (χ4v) is 6.02. The third-order valence-electron chi connectivity index (χ3n) is 6.30. The van der Waals surface area contributed by atoms with Gasteiger partial charge in [-0.2, -0.15) is 5.26 Å². The molecule has 2 aromatic rings. The highest BCUT2D eigenvalue weighted by molar-refractivity contribution is 7.16. The van der Waals surface area contributed by atoms with E-state index in [0.29, 0.717) is 12.1 Å². The van der Waals surface area contributed by atoms with E-state index >= 15 is 0 Å². The van der Waals surface area contributed by atoms with E-state index in [0.717, 1.165) is 72.7 Å². The highest BCUT2D eigenvalue weighted by Crippen LogP contribution is 2.39. The number of nitrogens with zero attached hydrogens (tertiary/aromatic N) is 2. The smallest absolute Gasteiger partial charge is 0.239 e. The summed E-state index contributed by atoms with van der Waals surface area (Å²) in [5, 5.41) is 13.5. The van der Waals surface area contributed by atoms with E-state index in [4.69, 9.17) is 9.47 Å². The van der Waals surface area contributed by atoms with Gasteiger partial charge in [0.2, 0.25) is 5.91 Å². The zero-order chi connectivity index (χ0) is 21.8. The quantitative estimate of drug-likeness (QED) is 0.662. The van der Waals surface area contributed by atoms with Crippen molar-refractivity contribution >= 4 is 22.2 Å². The maximum Gasteiger partial charge on any atom is 0.239 e. The number of ether oxygens (including phenoxy) is 2. The van der Waals surface area contributed by atoms with Gasteiger partial charge in [-0.25, -0.2) is 0 Å². The maximum absolute atomic E-state index is 12.9. The first-order valence-electron chi connectivity index (χ1n) is 10.9. The minimum atomic E-state index is -0.0627. The Morgan fingerprint density at radius 1 is 1.23 bits per heavy atom. The van der Waals surface area contributed by atoms with Gasteiger partial charge in [-0.05, 0) is 56.7 Å². The van der Waals surface area contributed by atoms with Crippen molar-refractivity contribution in [3.8, 4) is 17.6 Å². The molecule has 164 valence electrons. The molecule has 6 nitrogen and oxygen atoms in total. The van der Waals surface area contributed by atoms with E-state index in [1.807, 2.05) is 18.2 Å². The number of rotatable bonds is 6. The van der Waals surface area contributed by atoms with E-state index in [1.54, 1.807) is 25.6 Å². The van der Waals surface area contributed by atoms with Crippen LogP contribution in [0.3, 0.4) is 0 Å². The number of thiophene rings is 1. The molecule has 2 aliphatic rings. The lowest BCUT2D eigenvalue weighted by Gasteiger charge is -2.25. The fourth-order valence-electron chi connectivity index (χ4n) is 4.76. The summed E-state index contributed by atoms with van der Waals surface area (Å²) in [6.45, 7) is 1.16. The Kier molecular flexibility index (Phi) is 6.79. The van der Waals surface area contributed by atoms with Gasteiger partial charge >= 0.3 is 0 Å². The van der Waals surface area contributed by atoms with Gasteiger partial charge in [-0.15, -0.1) is 11.3 Å². The lowest BCUT2D eigenvalue weighted by atomic mass is 10.0. The summed E-state index contributed by atoms with van der Waals surface area (Å²) in [5.74, 6) is 1.47. The molecule has 0 radical (unpaired) electrons. The summed E-state index contributed by atoms with van der Waals surface area (Å²) in [6, 6.07) is 8.33. The van der Waals surface area contributed by atoms with Crippen LogP contribution in [0.5, 0.6) is 11.5 Å². The number of aryl methyl sites for hydroxylation is 1. The lowest BCUT2D eigenvalue weighted by Crippen LogP contribution is -2.33. The molecule has 1 aliphatic carbocycles. The van der Waals surface area contributed by atoms with Crippen LogP contribution in [0.25, 0.3) is 0 Å². The molecule has 4 rings (SSSR count). The molecule has 1 N–H and O–H groups in total. The third-order valence-corrected chi connectivity index (χ3v) is 7.50. The Labute approximate surface area is 187 Å². The number of hydrogen-bond donors (Lipinski definition) is 1. The minimum absolute atomic E-state index is 0.0627. The van der Waals surface area contributed by atoms with Gasteiger partial charge in [0.05, 0.1) is 26.3 Å². The van der Waals surface area contributed by atoms with Crippen molar-refractivity contribution in [1.82, 2.24) is 4.90 Å². The number of anilines is 1. The molecule has 1 atom stereocenters. The van der Waals surface area contributed by atoms with Crippen LogP contribution in [0.4, 0.5) is 5.00 Å². The largest absolute Gasteiger partial charge is 0.497 e. The SMILES string of the molecule is COc1ccc([C@@H]2CCCN2CC(=O)Nc2sc3c(c2C#N)CCCCC3)c(OC)c1. The van der Waals surface area contributed by atoms with Crippen LogP contribution < -0.4 is 14.8 Å². The number of benzene rings is 1. The molecule has 1 aromatic heterocycles. The van der Waals surface area contributed by atoms with Crippen molar-refractivity contribution in [2.24, 2.45) is 0 Å². The Bertz CT molecular complexity index is 995. The molecule has 1 aliphatic heterocycles. The monoisotopic (exact) mass is 439 g/mol. The van der Waals surface area contributed by atoms with Gasteiger partial charge in [-0.3, -0.25) is 9.69 Å². The van der Waals surface area contributed by atoms with Crippen molar-refractivity contribution in [2.45, 2.75) is 51.0 Å². The number of hydrogen-bond acceptors (Lipinski definition) is 6. The van der Waals surface area contributed by atoms with E-state index < -0.39 is 0 Å². The number of carbonyl (C=O) groups excluding carboxylic acids is 1. The molecule has 0 unspecified atom stereocenters. The van der Waals surface area contributed by atoms with Crippen LogP contribution in [0.2, 0.25) is 0 Å². The van der Waals surface area contributed by atoms with Crippen LogP contribution in [0.1, 0.15) is 59.7 Å². The lowest BCUT2D eigenvalue weighted by molar-refractivity contribution is -0.117. The molecule has 0 spiro atoms. The first kappa shape index (κ1) is 21.7. The zero-order valence-corrected chi connectivity index (χ0v) is 19.0. The Hall–Kier alpha value is -2.56. The molecule has 2 heterocycles. The van der Waals surface area contributed by atoms with E-state index in [9.17, 15) is 10.1 Å². The van der Waals surface area contributed by atoms with Crippen molar-refractivity contribution in [1.29, 1.82) is 5.26 Å². The second kappa shape index (κ2) is 9.71. The van der Waals surface area contributed by atoms with Gasteiger partial charge in [0.25, 0.3) is 0 Å². The predicted molar refractivity (Wildman–Crippen MR) is 122 cm³/mol. The maximum atomic E-state index is 12.9. The molecule has 0 bridgehead atoms. The first-order chi connectivity index (χ1) is 15.1. The minimum Gasteiger partial charge on any atom is -0.497 e. The highest BCUT2D eigenvalue weighted by Gasteiger charge is 2.30. The van der Waals surface area contributed by atoms with Crippen LogP contribution in [0.15, 0.2) is 18.2 Å². The number of amides is 1. The van der Waals surface area contributed by atoms with Crippen molar-refractivity contribution < 1.29 is 14.3 Å². The molecular weight excluding hydrogens is 410 g/mol.